The molecule has 0 spiro atoms. The van der Waals surface area contributed by atoms with Crippen molar-refractivity contribution in [3.8, 4) is 5.75 Å². The summed E-state index contributed by atoms with van der Waals surface area (Å²) in [6.07, 6.45) is 4.93. The largest absolute Gasteiger partial charge is 0.495 e. The molecule has 5 N–H and O–H groups in total. The SMILES string of the molecule is COc1ccc(C(F)(F)F)cc1Nc1ncnc2[nH]c3c(c12)CC(C(=O)NCCCS(C)(=O)=O)CC3.CS(=O)(=O)CCCNC(=O)C1CCc2[nH]c3ncnc(Cl)c3c2C1. The lowest BCUT2D eigenvalue weighted by Crippen LogP contribution is -2.35. The number of sulfone groups is 2. The van der Waals surface area contributed by atoms with Crippen LogP contribution < -0.4 is 20.7 Å². The average molecular weight is 896 g/mol. The van der Waals surface area contributed by atoms with Crippen LogP contribution in [0.2, 0.25) is 5.15 Å². The van der Waals surface area contributed by atoms with E-state index >= 15 is 0 Å². The number of halogens is 4. The number of rotatable bonds is 13. The van der Waals surface area contributed by atoms with E-state index in [1.54, 1.807) is 0 Å². The molecule has 0 fully saturated rings. The Bertz CT molecular complexity index is 2620. The molecule has 2 atom stereocenters. The van der Waals surface area contributed by atoms with Gasteiger partial charge in [-0.3, -0.25) is 9.59 Å². The summed E-state index contributed by atoms with van der Waals surface area (Å²) in [6.45, 7) is 0.626. The van der Waals surface area contributed by atoms with Crippen molar-refractivity contribution in [2.45, 2.75) is 57.5 Å². The summed E-state index contributed by atoms with van der Waals surface area (Å²) in [5.74, 6) is -0.120. The van der Waals surface area contributed by atoms with Crippen LogP contribution >= 0.6 is 11.6 Å². The lowest BCUT2D eigenvalue weighted by molar-refractivity contribution is -0.137. The fourth-order valence-corrected chi connectivity index (χ4v) is 9.06. The molecule has 1 aromatic carbocycles. The molecule has 0 bridgehead atoms. The van der Waals surface area contributed by atoms with Crippen LogP contribution in [0.5, 0.6) is 5.75 Å². The Hall–Kier alpha value is -5.02. The van der Waals surface area contributed by atoms with Crippen molar-refractivity contribution in [2.75, 3.05) is 49.5 Å². The molecule has 2 aliphatic rings. The summed E-state index contributed by atoms with van der Waals surface area (Å²) in [5.41, 5.74) is 4.27. The number of hydrogen-bond donors (Lipinski definition) is 5. The van der Waals surface area contributed by atoms with Crippen LogP contribution in [0, 0.1) is 11.8 Å². The molecular weight excluding hydrogens is 851 g/mol. The molecule has 2 aliphatic carbocycles. The third-order valence-corrected chi connectivity index (χ3v) is 12.8. The molecule has 4 aromatic heterocycles. The number of nitrogens with one attached hydrogen (secondary N) is 5. The van der Waals surface area contributed by atoms with Crippen molar-refractivity contribution in [2.24, 2.45) is 11.8 Å². The Labute approximate surface area is 349 Å². The first-order chi connectivity index (χ1) is 28.3. The Morgan fingerprint density at radius 1 is 0.817 bits per heavy atom. The molecule has 4 heterocycles. The molecule has 2 amide bonds. The minimum atomic E-state index is -4.53. The monoisotopic (exact) mass is 895 g/mol. The molecule has 5 aromatic rings. The number of fused-ring (bicyclic) bond motifs is 6. The quantitative estimate of drug-likeness (QED) is 0.0804. The number of H-pyrrole nitrogens is 2. The van der Waals surface area contributed by atoms with Gasteiger partial charge < -0.3 is 30.7 Å². The predicted octanol–water partition coefficient (Wildman–Crippen LogP) is 4.65. The molecule has 22 heteroatoms. The minimum Gasteiger partial charge on any atom is -0.495 e. The van der Waals surface area contributed by atoms with E-state index in [1.165, 1.54) is 32.1 Å². The summed E-state index contributed by atoms with van der Waals surface area (Å²) in [4.78, 5) is 48.3. The van der Waals surface area contributed by atoms with Gasteiger partial charge in [-0.05, 0) is 80.7 Å². The van der Waals surface area contributed by atoms with Gasteiger partial charge in [0.1, 0.15) is 60.3 Å². The Morgan fingerprint density at radius 3 is 1.85 bits per heavy atom. The third-order valence-electron chi connectivity index (χ3n) is 10.4. The van der Waals surface area contributed by atoms with E-state index in [1.807, 2.05) is 0 Å². The maximum Gasteiger partial charge on any atom is 0.416 e. The van der Waals surface area contributed by atoms with Crippen LogP contribution in [0.3, 0.4) is 0 Å². The zero-order valence-electron chi connectivity index (χ0n) is 33.0. The van der Waals surface area contributed by atoms with Crippen molar-refractivity contribution in [3.05, 3.63) is 64.1 Å². The highest BCUT2D eigenvalue weighted by Gasteiger charge is 2.33. The fraction of sp³-hybridized carbons (Fsp3) is 0.474. The molecule has 2 unspecified atom stereocenters. The van der Waals surface area contributed by atoms with Crippen molar-refractivity contribution in [3.63, 3.8) is 0 Å². The number of hydrogen-bond acceptors (Lipinski definition) is 12. The average Bonchev–Trinajstić information content (AvgIpc) is 3.76. The van der Waals surface area contributed by atoms with Crippen LogP contribution in [0.4, 0.5) is 24.7 Å². The molecule has 7 rings (SSSR count). The van der Waals surface area contributed by atoms with Gasteiger partial charge in [-0.1, -0.05) is 11.6 Å². The summed E-state index contributed by atoms with van der Waals surface area (Å²) < 4.78 is 89.9. The topological polar surface area (TPSA) is 231 Å². The highest BCUT2D eigenvalue weighted by atomic mass is 35.5. The Morgan fingerprint density at radius 2 is 1.33 bits per heavy atom. The van der Waals surface area contributed by atoms with Gasteiger partial charge in [0, 0.05) is 48.8 Å². The van der Waals surface area contributed by atoms with E-state index in [0.29, 0.717) is 72.7 Å². The Kier molecular flexibility index (Phi) is 13.6. The Balaban J connectivity index is 0.000000218. The summed E-state index contributed by atoms with van der Waals surface area (Å²) in [6, 6.07) is 3.13. The maximum absolute atomic E-state index is 13.3. The summed E-state index contributed by atoms with van der Waals surface area (Å²) in [5, 5.41) is 10.4. The maximum atomic E-state index is 13.3. The number of methoxy groups -OCH3 is 1. The third kappa shape index (κ3) is 11.0. The van der Waals surface area contributed by atoms with E-state index in [9.17, 15) is 39.6 Å². The molecular formula is C38H45ClF3N9O7S2. The standard InChI is InChI=1S/C23H26F3N5O4S.C15H19ClN4O3S/c1-35-18-7-5-14(23(24,25)26)11-17(18)31-21-19-15-10-13(22(32)27-8-3-9-36(2,33)34)4-6-16(15)30-20(19)28-12-29-21;1-24(22,23)6-2-5-17-15(21)9-3-4-11-10(7-9)12-13(16)18-8-19-14(12)20-11/h5,7,11-13H,3-4,6,8-10H2,1-2H3,(H,27,32)(H2,28,29,30,31);8-9H,2-7H2,1H3,(H,17,21)(H,18,19,20). The first-order valence-electron chi connectivity index (χ1n) is 19.1. The van der Waals surface area contributed by atoms with Crippen molar-refractivity contribution < 1.29 is 44.3 Å². The second-order valence-electron chi connectivity index (χ2n) is 15.0. The van der Waals surface area contributed by atoms with Crippen LogP contribution in [-0.4, -0.2) is 103 Å². The van der Waals surface area contributed by atoms with Gasteiger partial charge in [0.15, 0.2) is 0 Å². The van der Waals surface area contributed by atoms with Crippen molar-refractivity contribution in [1.82, 2.24) is 40.5 Å². The first kappa shape index (κ1) is 44.5. The predicted molar refractivity (Wildman–Crippen MR) is 220 cm³/mol. The number of carbonyl (C=O) groups excluding carboxylic acids is 2. The van der Waals surface area contributed by atoms with Gasteiger partial charge in [0.25, 0.3) is 0 Å². The molecule has 0 saturated heterocycles. The van der Waals surface area contributed by atoms with E-state index in [0.717, 1.165) is 59.1 Å². The summed E-state index contributed by atoms with van der Waals surface area (Å²) in [7, 11) is -4.73. The normalized spacial score (nSPS) is 16.6. The van der Waals surface area contributed by atoms with Gasteiger partial charge in [0.2, 0.25) is 11.8 Å². The molecule has 16 nitrogen and oxygen atoms in total. The fourth-order valence-electron chi connectivity index (χ4n) is 7.47. The number of amides is 2. The number of anilines is 2. The van der Waals surface area contributed by atoms with Crippen LogP contribution in [0.1, 0.15) is 53.8 Å². The van der Waals surface area contributed by atoms with Crippen LogP contribution in [-0.2, 0) is 61.1 Å². The molecule has 60 heavy (non-hydrogen) atoms. The number of alkyl halides is 3. The van der Waals surface area contributed by atoms with Gasteiger partial charge in [-0.2, -0.15) is 13.2 Å². The lowest BCUT2D eigenvalue weighted by Gasteiger charge is -2.22. The van der Waals surface area contributed by atoms with Gasteiger partial charge >= 0.3 is 6.18 Å². The number of aryl methyl sites for hydroxylation is 2. The highest BCUT2D eigenvalue weighted by molar-refractivity contribution is 7.90. The molecule has 324 valence electrons. The second kappa shape index (κ2) is 18.3. The van der Waals surface area contributed by atoms with Gasteiger partial charge in [0.05, 0.1) is 40.6 Å². The van der Waals surface area contributed by atoms with Gasteiger partial charge in [-0.25, -0.2) is 36.8 Å². The number of benzene rings is 1. The number of ether oxygens (including phenoxy) is 1. The number of carbonyl (C=O) groups is 2. The summed E-state index contributed by atoms with van der Waals surface area (Å²) >= 11 is 6.18. The minimum absolute atomic E-state index is 0.00405. The number of aromatic nitrogens is 6. The highest BCUT2D eigenvalue weighted by Crippen LogP contribution is 2.39. The smallest absolute Gasteiger partial charge is 0.416 e. The second-order valence-corrected chi connectivity index (χ2v) is 19.8. The lowest BCUT2D eigenvalue weighted by atomic mass is 9.86. The number of aromatic amines is 2. The van der Waals surface area contributed by atoms with Crippen molar-refractivity contribution in [1.29, 1.82) is 0 Å². The van der Waals surface area contributed by atoms with E-state index in [4.69, 9.17) is 16.3 Å². The van der Waals surface area contributed by atoms with Crippen molar-refractivity contribution >= 4 is 76.7 Å². The zero-order chi connectivity index (χ0) is 43.4. The van der Waals surface area contributed by atoms with E-state index < -0.39 is 31.4 Å². The van der Waals surface area contributed by atoms with Crippen LogP contribution in [0.15, 0.2) is 30.9 Å². The molecule has 0 radical (unpaired) electrons. The number of nitrogens with zero attached hydrogens (tertiary/aromatic N) is 4. The van der Waals surface area contributed by atoms with E-state index in [2.05, 4.69) is 45.9 Å². The van der Waals surface area contributed by atoms with Gasteiger partial charge in [-0.15, -0.1) is 0 Å². The van der Waals surface area contributed by atoms with Crippen LogP contribution in [0.25, 0.3) is 22.1 Å². The zero-order valence-corrected chi connectivity index (χ0v) is 35.4. The molecule has 0 aliphatic heterocycles. The first-order valence-corrected chi connectivity index (χ1v) is 23.6. The molecule has 0 saturated carbocycles. The van der Waals surface area contributed by atoms with E-state index in [-0.39, 0.29) is 53.1 Å².